The molecule has 1 heterocycles. The minimum atomic E-state index is 0.696. The van der Waals surface area contributed by atoms with Crippen molar-refractivity contribution < 1.29 is 9.39 Å². The molecule has 1 aliphatic heterocycles. The van der Waals surface area contributed by atoms with E-state index in [4.69, 9.17) is 9.39 Å². The molecule has 1 radical (unpaired) electrons. The van der Waals surface area contributed by atoms with Crippen LogP contribution in [0, 0.1) is 0 Å². The third kappa shape index (κ3) is 1.32. The SMILES string of the molecule is CCOc1ccc2c(c1)[B]OC2. The van der Waals surface area contributed by atoms with E-state index in [0.29, 0.717) is 13.2 Å². The van der Waals surface area contributed by atoms with E-state index in [1.54, 1.807) is 7.48 Å². The predicted octanol–water partition coefficient (Wildman–Crippen LogP) is 0.860. The molecule has 0 atom stereocenters. The lowest BCUT2D eigenvalue weighted by Gasteiger charge is -2.03. The Morgan fingerprint density at radius 2 is 2.50 bits per heavy atom. The van der Waals surface area contributed by atoms with Gasteiger partial charge < -0.3 is 9.39 Å². The van der Waals surface area contributed by atoms with Crippen LogP contribution in [0.4, 0.5) is 0 Å². The van der Waals surface area contributed by atoms with Crippen LogP contribution in [0.1, 0.15) is 12.5 Å². The Morgan fingerprint density at radius 3 is 3.33 bits per heavy atom. The molecule has 0 spiro atoms. The Kier molecular flexibility index (Phi) is 2.04. The van der Waals surface area contributed by atoms with Crippen molar-refractivity contribution in [3.63, 3.8) is 0 Å². The van der Waals surface area contributed by atoms with E-state index < -0.39 is 0 Å². The quantitative estimate of drug-likeness (QED) is 0.599. The largest absolute Gasteiger partial charge is 0.494 e. The second-order valence-electron chi connectivity index (χ2n) is 2.72. The molecule has 0 aromatic heterocycles. The first-order chi connectivity index (χ1) is 5.90. The Morgan fingerprint density at radius 1 is 1.58 bits per heavy atom. The van der Waals surface area contributed by atoms with E-state index in [1.165, 1.54) is 5.56 Å². The van der Waals surface area contributed by atoms with Crippen molar-refractivity contribution >= 4 is 12.9 Å². The van der Waals surface area contributed by atoms with Gasteiger partial charge >= 0.3 is 7.48 Å². The zero-order valence-electron chi connectivity index (χ0n) is 7.04. The molecule has 0 amide bonds. The third-order valence-electron chi connectivity index (χ3n) is 1.88. The van der Waals surface area contributed by atoms with Gasteiger partial charge in [0.15, 0.2) is 0 Å². The number of benzene rings is 1. The van der Waals surface area contributed by atoms with Crippen molar-refractivity contribution in [1.29, 1.82) is 0 Å². The lowest BCUT2D eigenvalue weighted by atomic mass is 9.87. The number of hydrogen-bond acceptors (Lipinski definition) is 2. The van der Waals surface area contributed by atoms with Gasteiger partial charge in [0.05, 0.1) is 13.2 Å². The fraction of sp³-hybridized carbons (Fsp3) is 0.333. The lowest BCUT2D eigenvalue weighted by molar-refractivity contribution is 0.339. The molecule has 0 aliphatic carbocycles. The highest BCUT2D eigenvalue weighted by Crippen LogP contribution is 2.13. The summed E-state index contributed by atoms with van der Waals surface area (Å²) in [5, 5.41) is 0. The molecule has 0 fully saturated rings. The van der Waals surface area contributed by atoms with E-state index >= 15 is 0 Å². The zero-order valence-corrected chi connectivity index (χ0v) is 7.04. The van der Waals surface area contributed by atoms with Gasteiger partial charge in [0.25, 0.3) is 0 Å². The summed E-state index contributed by atoms with van der Waals surface area (Å²) in [5.41, 5.74) is 2.37. The van der Waals surface area contributed by atoms with Crippen LogP contribution in [0.3, 0.4) is 0 Å². The van der Waals surface area contributed by atoms with Gasteiger partial charge in [-0.3, -0.25) is 0 Å². The highest BCUT2D eigenvalue weighted by atomic mass is 16.5. The van der Waals surface area contributed by atoms with E-state index in [2.05, 4.69) is 0 Å². The second-order valence-corrected chi connectivity index (χ2v) is 2.72. The van der Waals surface area contributed by atoms with Crippen LogP contribution in [-0.2, 0) is 11.3 Å². The van der Waals surface area contributed by atoms with E-state index in [1.807, 2.05) is 25.1 Å². The number of ether oxygens (including phenoxy) is 1. The van der Waals surface area contributed by atoms with Crippen LogP contribution < -0.4 is 10.2 Å². The first-order valence-corrected chi connectivity index (χ1v) is 4.10. The van der Waals surface area contributed by atoms with Crippen molar-refractivity contribution in [3.05, 3.63) is 23.8 Å². The van der Waals surface area contributed by atoms with Crippen molar-refractivity contribution in [3.8, 4) is 5.75 Å². The fourth-order valence-electron chi connectivity index (χ4n) is 1.29. The van der Waals surface area contributed by atoms with Crippen LogP contribution in [0.15, 0.2) is 18.2 Å². The second kappa shape index (κ2) is 3.19. The summed E-state index contributed by atoms with van der Waals surface area (Å²) in [6.07, 6.45) is 0. The molecule has 0 saturated carbocycles. The van der Waals surface area contributed by atoms with Gasteiger partial charge in [0.2, 0.25) is 0 Å². The zero-order chi connectivity index (χ0) is 8.39. The van der Waals surface area contributed by atoms with Crippen LogP contribution in [-0.4, -0.2) is 14.1 Å². The molecule has 1 aromatic carbocycles. The summed E-state index contributed by atoms with van der Waals surface area (Å²) in [4.78, 5) is 0. The average molecular weight is 161 g/mol. The van der Waals surface area contributed by atoms with Gasteiger partial charge in [0, 0.05) is 0 Å². The van der Waals surface area contributed by atoms with Crippen LogP contribution in [0.5, 0.6) is 5.75 Å². The molecule has 0 saturated heterocycles. The molecule has 1 aromatic rings. The maximum Gasteiger partial charge on any atom is 0.330 e. The topological polar surface area (TPSA) is 18.5 Å². The van der Waals surface area contributed by atoms with Gasteiger partial charge in [-0.15, -0.1) is 0 Å². The summed E-state index contributed by atoms with van der Waals surface area (Å²) in [6, 6.07) is 6.03. The Balaban J connectivity index is 2.26. The normalized spacial score (nSPS) is 13.8. The van der Waals surface area contributed by atoms with Gasteiger partial charge in [-0.2, -0.15) is 0 Å². The van der Waals surface area contributed by atoms with Gasteiger partial charge in [-0.1, -0.05) is 6.07 Å². The van der Waals surface area contributed by atoms with Crippen LogP contribution in [0.2, 0.25) is 0 Å². The molecule has 2 nitrogen and oxygen atoms in total. The molecule has 0 N–H and O–H groups in total. The molecular weight excluding hydrogens is 151 g/mol. The lowest BCUT2D eigenvalue weighted by Crippen LogP contribution is -2.11. The Bertz CT molecular complexity index is 286. The third-order valence-corrected chi connectivity index (χ3v) is 1.88. The maximum absolute atomic E-state index is 5.36. The number of fused-ring (bicyclic) bond motifs is 1. The smallest absolute Gasteiger partial charge is 0.330 e. The molecule has 0 bridgehead atoms. The van der Waals surface area contributed by atoms with Gasteiger partial charge in [-0.25, -0.2) is 0 Å². The van der Waals surface area contributed by atoms with Gasteiger partial charge in [0.1, 0.15) is 5.75 Å². The molecular formula is C9H10BO2. The van der Waals surface area contributed by atoms with Crippen molar-refractivity contribution in [1.82, 2.24) is 0 Å². The van der Waals surface area contributed by atoms with E-state index in [-0.39, 0.29) is 0 Å². The predicted molar refractivity (Wildman–Crippen MR) is 47.8 cm³/mol. The summed E-state index contributed by atoms with van der Waals surface area (Å²) in [7, 11) is 1.78. The van der Waals surface area contributed by atoms with Crippen molar-refractivity contribution in [2.45, 2.75) is 13.5 Å². The van der Waals surface area contributed by atoms with Crippen LogP contribution >= 0.6 is 0 Å². The summed E-state index contributed by atoms with van der Waals surface area (Å²) < 4.78 is 10.5. The molecule has 12 heavy (non-hydrogen) atoms. The summed E-state index contributed by atoms with van der Waals surface area (Å²) >= 11 is 0. The number of rotatable bonds is 2. The molecule has 2 rings (SSSR count). The maximum atomic E-state index is 5.36. The molecule has 0 unspecified atom stereocenters. The highest BCUT2D eigenvalue weighted by Gasteiger charge is 2.13. The average Bonchev–Trinajstić information content (AvgIpc) is 2.51. The van der Waals surface area contributed by atoms with Crippen molar-refractivity contribution in [2.75, 3.05) is 6.61 Å². The molecule has 61 valence electrons. The van der Waals surface area contributed by atoms with E-state index in [0.717, 1.165) is 11.2 Å². The van der Waals surface area contributed by atoms with Crippen LogP contribution in [0.25, 0.3) is 0 Å². The molecule has 1 aliphatic rings. The highest BCUT2D eigenvalue weighted by molar-refractivity contribution is 6.48. The first kappa shape index (κ1) is 7.68. The fourth-order valence-corrected chi connectivity index (χ4v) is 1.29. The standard InChI is InChI=1S/C9H10BO2/c1-2-11-8-4-3-7-6-12-10-9(7)5-8/h3-5H,2,6H2,1H3. The minimum absolute atomic E-state index is 0.696. The molecule has 3 heteroatoms. The summed E-state index contributed by atoms with van der Waals surface area (Å²) in [6.45, 7) is 3.38. The summed E-state index contributed by atoms with van der Waals surface area (Å²) in [5.74, 6) is 0.915. The Labute approximate surface area is 72.8 Å². The first-order valence-electron chi connectivity index (χ1n) is 4.10. The van der Waals surface area contributed by atoms with Gasteiger partial charge in [-0.05, 0) is 30.1 Å². The van der Waals surface area contributed by atoms with E-state index in [9.17, 15) is 0 Å². The van der Waals surface area contributed by atoms with Crippen molar-refractivity contribution in [2.24, 2.45) is 0 Å². The monoisotopic (exact) mass is 161 g/mol. The minimum Gasteiger partial charge on any atom is -0.494 e. The Hall–Kier alpha value is -0.955. The number of hydrogen-bond donors (Lipinski definition) is 0.